The van der Waals surface area contributed by atoms with Gasteiger partial charge in [0, 0.05) is 12.5 Å². The Morgan fingerprint density at radius 1 is 1.35 bits per heavy atom. The monoisotopic (exact) mass is 282 g/mol. The largest absolute Gasteiger partial charge is 0.480 e. The van der Waals surface area contributed by atoms with Crippen LogP contribution in [-0.2, 0) is 11.2 Å². The molecule has 3 N–H and O–H groups in total. The molecule has 0 saturated carbocycles. The first-order valence-corrected chi connectivity index (χ1v) is 6.76. The molecule has 0 bridgehead atoms. The Hall–Kier alpha value is -1.98. The zero-order valence-corrected chi connectivity index (χ0v) is 12.1. The third-order valence-corrected chi connectivity index (χ3v) is 3.23. The molecule has 112 valence electrons. The highest BCUT2D eigenvalue weighted by Crippen LogP contribution is 2.08. The Balaban J connectivity index is 2.46. The topological polar surface area (TPSA) is 91.6 Å². The maximum absolute atomic E-state index is 11.8. The summed E-state index contributed by atoms with van der Waals surface area (Å²) in [5, 5.41) is 14.3. The third-order valence-electron chi connectivity index (χ3n) is 3.23. The van der Waals surface area contributed by atoms with Gasteiger partial charge in [-0.05, 0) is 25.0 Å². The summed E-state index contributed by atoms with van der Waals surface area (Å²) in [6, 6.07) is 2.11. The van der Waals surface area contributed by atoms with Crippen LogP contribution in [0.2, 0.25) is 0 Å². The molecule has 0 fully saturated rings. The lowest BCUT2D eigenvalue weighted by Crippen LogP contribution is -2.51. The number of carbonyl (C=O) groups is 2. The van der Waals surface area contributed by atoms with Crippen LogP contribution in [0.5, 0.6) is 0 Å². The fourth-order valence-corrected chi connectivity index (χ4v) is 1.87. The predicted octanol–water partition coefficient (Wildman–Crippen LogP) is 2.01. The molecule has 2 amide bonds. The molecule has 0 spiro atoms. The smallest absolute Gasteiger partial charge is 0.326 e. The highest BCUT2D eigenvalue weighted by Gasteiger charge is 2.25. The first-order valence-electron chi connectivity index (χ1n) is 6.76. The summed E-state index contributed by atoms with van der Waals surface area (Å²) in [6.07, 6.45) is 2.81. The number of nitrogens with one attached hydrogen (secondary N) is 2. The van der Waals surface area contributed by atoms with Crippen molar-refractivity contribution in [2.45, 2.75) is 45.7 Å². The quantitative estimate of drug-likeness (QED) is 0.713. The van der Waals surface area contributed by atoms with Crippen LogP contribution in [0.25, 0.3) is 0 Å². The molecule has 2 unspecified atom stereocenters. The molecular formula is C14H22N2O4. The Morgan fingerprint density at radius 3 is 2.55 bits per heavy atom. The summed E-state index contributed by atoms with van der Waals surface area (Å²) < 4.78 is 5.19. The van der Waals surface area contributed by atoms with E-state index in [1.807, 2.05) is 19.9 Å². The predicted molar refractivity (Wildman–Crippen MR) is 74.4 cm³/mol. The molecule has 1 aromatic rings. The van der Waals surface area contributed by atoms with Gasteiger partial charge >= 0.3 is 12.0 Å². The summed E-state index contributed by atoms with van der Waals surface area (Å²) in [7, 11) is 0. The minimum absolute atomic E-state index is 0.126. The zero-order valence-electron chi connectivity index (χ0n) is 12.1. The molecule has 0 saturated heterocycles. The number of rotatable bonds is 7. The number of hydrogen-bond donors (Lipinski definition) is 3. The van der Waals surface area contributed by atoms with Gasteiger partial charge in [-0.15, -0.1) is 0 Å². The van der Waals surface area contributed by atoms with E-state index in [2.05, 4.69) is 10.6 Å². The fraction of sp³-hybridized carbons (Fsp3) is 0.571. The highest BCUT2D eigenvalue weighted by molar-refractivity contribution is 5.82. The van der Waals surface area contributed by atoms with Crippen molar-refractivity contribution in [2.75, 3.05) is 0 Å². The Kier molecular flexibility index (Phi) is 6.09. The number of amides is 2. The lowest BCUT2D eigenvalue weighted by molar-refractivity contribution is -0.140. The lowest BCUT2D eigenvalue weighted by Gasteiger charge is -2.21. The Bertz CT molecular complexity index is 430. The first kappa shape index (κ1) is 16.1. The second-order valence-electron chi connectivity index (χ2n) is 5.00. The maximum atomic E-state index is 11.8. The van der Waals surface area contributed by atoms with Crippen LogP contribution < -0.4 is 10.6 Å². The molecule has 6 nitrogen and oxygen atoms in total. The van der Waals surface area contributed by atoms with Crippen LogP contribution in [0.4, 0.5) is 4.79 Å². The summed E-state index contributed by atoms with van der Waals surface area (Å²) >= 11 is 0. The van der Waals surface area contributed by atoms with Crippen molar-refractivity contribution in [1.82, 2.24) is 10.6 Å². The number of carbonyl (C=O) groups excluding carboxylic acids is 1. The first-order chi connectivity index (χ1) is 9.43. The Labute approximate surface area is 118 Å². The van der Waals surface area contributed by atoms with Crippen molar-refractivity contribution in [3.8, 4) is 0 Å². The van der Waals surface area contributed by atoms with Gasteiger partial charge in [0.1, 0.15) is 11.8 Å². The molecule has 6 heteroatoms. The van der Waals surface area contributed by atoms with Crippen LogP contribution in [0.1, 0.15) is 33.0 Å². The second-order valence-corrected chi connectivity index (χ2v) is 5.00. The van der Waals surface area contributed by atoms with Gasteiger partial charge in [0.2, 0.25) is 0 Å². The number of aliphatic carboxylic acids is 1. The van der Waals surface area contributed by atoms with Gasteiger partial charge in [-0.3, -0.25) is 0 Å². The van der Waals surface area contributed by atoms with Crippen LogP contribution >= 0.6 is 0 Å². The van der Waals surface area contributed by atoms with Crippen molar-refractivity contribution in [1.29, 1.82) is 0 Å². The number of furan rings is 1. The van der Waals surface area contributed by atoms with Crippen LogP contribution in [0, 0.1) is 5.92 Å². The normalized spacial score (nSPS) is 15.2. The van der Waals surface area contributed by atoms with E-state index in [0.29, 0.717) is 12.8 Å². The summed E-state index contributed by atoms with van der Waals surface area (Å²) in [5.74, 6) is -0.374. The van der Waals surface area contributed by atoms with Gasteiger partial charge in [-0.25, -0.2) is 9.59 Å². The molecule has 0 aliphatic heterocycles. The molecule has 1 rings (SSSR count). The van der Waals surface area contributed by atoms with E-state index in [1.54, 1.807) is 19.3 Å². The highest BCUT2D eigenvalue weighted by atomic mass is 16.4. The fourth-order valence-electron chi connectivity index (χ4n) is 1.87. The van der Waals surface area contributed by atoms with Gasteiger partial charge in [0.15, 0.2) is 0 Å². The third kappa shape index (κ3) is 4.95. The molecule has 1 heterocycles. The minimum Gasteiger partial charge on any atom is -0.480 e. The van der Waals surface area contributed by atoms with Crippen molar-refractivity contribution in [3.05, 3.63) is 24.2 Å². The van der Waals surface area contributed by atoms with Gasteiger partial charge in [-0.1, -0.05) is 20.3 Å². The molecular weight excluding hydrogens is 260 g/mol. The summed E-state index contributed by atoms with van der Waals surface area (Å²) in [6.45, 7) is 5.52. The maximum Gasteiger partial charge on any atom is 0.326 e. The van der Waals surface area contributed by atoms with Gasteiger partial charge in [0.25, 0.3) is 0 Å². The lowest BCUT2D eigenvalue weighted by atomic mass is 9.99. The van der Waals surface area contributed by atoms with E-state index in [-0.39, 0.29) is 12.0 Å². The van der Waals surface area contributed by atoms with Crippen LogP contribution in [0.15, 0.2) is 22.8 Å². The number of urea groups is 1. The van der Waals surface area contributed by atoms with E-state index < -0.39 is 18.0 Å². The summed E-state index contributed by atoms with van der Waals surface area (Å²) in [5.41, 5.74) is 0. The van der Waals surface area contributed by atoms with Gasteiger partial charge < -0.3 is 20.2 Å². The van der Waals surface area contributed by atoms with Crippen LogP contribution in [0.3, 0.4) is 0 Å². The van der Waals surface area contributed by atoms with E-state index in [9.17, 15) is 9.59 Å². The van der Waals surface area contributed by atoms with E-state index in [1.165, 1.54) is 0 Å². The van der Waals surface area contributed by atoms with Crippen molar-refractivity contribution >= 4 is 12.0 Å². The second kappa shape index (κ2) is 7.57. The van der Waals surface area contributed by atoms with Crippen LogP contribution in [-0.4, -0.2) is 29.2 Å². The minimum atomic E-state index is -1.02. The number of carboxylic acid groups (broad SMARTS) is 1. The summed E-state index contributed by atoms with van der Waals surface area (Å²) in [4.78, 5) is 22.9. The Morgan fingerprint density at radius 2 is 2.05 bits per heavy atom. The number of carboxylic acids is 1. The van der Waals surface area contributed by atoms with Gasteiger partial charge in [0.05, 0.1) is 6.26 Å². The molecule has 1 aromatic heterocycles. The molecule has 0 aliphatic rings. The van der Waals surface area contributed by atoms with E-state index in [4.69, 9.17) is 9.52 Å². The molecule has 0 radical (unpaired) electrons. The average molecular weight is 282 g/mol. The van der Waals surface area contributed by atoms with Crippen molar-refractivity contribution < 1.29 is 19.1 Å². The van der Waals surface area contributed by atoms with Gasteiger partial charge in [-0.2, -0.15) is 0 Å². The molecule has 0 aromatic carbocycles. The van der Waals surface area contributed by atoms with E-state index in [0.717, 1.165) is 5.76 Å². The van der Waals surface area contributed by atoms with E-state index >= 15 is 0 Å². The molecule has 0 aliphatic carbocycles. The molecule has 3 atom stereocenters. The number of hydrogen-bond acceptors (Lipinski definition) is 3. The van der Waals surface area contributed by atoms with Crippen molar-refractivity contribution in [2.24, 2.45) is 5.92 Å². The average Bonchev–Trinajstić information content (AvgIpc) is 2.87. The SMILES string of the molecule is CCC(C)[C@H](NC(=O)NC(C)Cc1ccco1)C(=O)O. The van der Waals surface area contributed by atoms with Crippen molar-refractivity contribution in [3.63, 3.8) is 0 Å². The molecule has 20 heavy (non-hydrogen) atoms. The standard InChI is InChI=1S/C14H22N2O4/c1-4-9(2)12(13(17)18)16-14(19)15-10(3)8-11-6-5-7-20-11/h5-7,9-10,12H,4,8H2,1-3H3,(H,17,18)(H2,15,16,19)/t9?,10?,12-/m0/s1. The zero-order chi connectivity index (χ0) is 15.1.